The zero-order valence-corrected chi connectivity index (χ0v) is 16.6. The van der Waals surface area contributed by atoms with Crippen molar-refractivity contribution in [3.05, 3.63) is 53.1 Å². The van der Waals surface area contributed by atoms with Gasteiger partial charge in [-0.05, 0) is 43.2 Å². The number of benzene rings is 2. The summed E-state index contributed by atoms with van der Waals surface area (Å²) in [5, 5.41) is 2.67. The minimum Gasteiger partial charge on any atom is -0.493 e. The molecule has 0 saturated heterocycles. The van der Waals surface area contributed by atoms with E-state index in [9.17, 15) is 13.2 Å². The molecule has 2 aromatic carbocycles. The number of nitrogens with one attached hydrogen (secondary N) is 2. The molecule has 2 N–H and O–H groups in total. The first-order valence-corrected chi connectivity index (χ1v) is 9.79. The van der Waals surface area contributed by atoms with Gasteiger partial charge >= 0.3 is 0 Å². The predicted molar refractivity (Wildman–Crippen MR) is 102 cm³/mol. The smallest absolute Gasteiger partial charge is 0.241 e. The highest BCUT2D eigenvalue weighted by Crippen LogP contribution is 2.27. The van der Waals surface area contributed by atoms with Crippen LogP contribution in [0.25, 0.3) is 0 Å². The van der Waals surface area contributed by atoms with Crippen molar-refractivity contribution in [1.82, 2.24) is 10.0 Å². The molecule has 0 atom stereocenters. The molecule has 0 aliphatic carbocycles. The first kappa shape index (κ1) is 20.7. The Bertz CT molecular complexity index is 926. The molecule has 7 nitrogen and oxygen atoms in total. The lowest BCUT2D eigenvalue weighted by Crippen LogP contribution is -2.36. The van der Waals surface area contributed by atoms with Crippen LogP contribution in [-0.4, -0.2) is 35.1 Å². The molecule has 0 radical (unpaired) electrons. The van der Waals surface area contributed by atoms with Gasteiger partial charge in [-0.3, -0.25) is 4.79 Å². The van der Waals surface area contributed by atoms with Crippen molar-refractivity contribution in [2.24, 2.45) is 0 Å². The lowest BCUT2D eigenvalue weighted by Gasteiger charge is -2.12. The molecular weight excluding hydrogens is 368 g/mol. The van der Waals surface area contributed by atoms with E-state index in [2.05, 4.69) is 10.0 Å². The summed E-state index contributed by atoms with van der Waals surface area (Å²) < 4.78 is 37.5. The van der Waals surface area contributed by atoms with Crippen LogP contribution in [0.4, 0.5) is 0 Å². The highest BCUT2D eigenvalue weighted by atomic mass is 32.2. The first-order valence-electron chi connectivity index (χ1n) is 8.31. The standard InChI is InChI=1S/C19H24N2O5S/c1-13-5-8-18(14(2)9-13)27(23,24)21-12-19(22)20-11-15-6-7-16(25-3)17(10-15)26-4/h5-10,21H,11-12H2,1-4H3,(H,20,22). The number of hydrogen-bond acceptors (Lipinski definition) is 5. The molecule has 0 spiro atoms. The molecule has 8 heteroatoms. The Morgan fingerprint density at radius 3 is 2.33 bits per heavy atom. The predicted octanol–water partition coefficient (Wildman–Crippen LogP) is 1.92. The monoisotopic (exact) mass is 392 g/mol. The number of sulfonamides is 1. The van der Waals surface area contributed by atoms with Gasteiger partial charge < -0.3 is 14.8 Å². The highest BCUT2D eigenvalue weighted by Gasteiger charge is 2.17. The Labute approximate surface area is 159 Å². The molecule has 0 bridgehead atoms. The second-order valence-electron chi connectivity index (χ2n) is 6.06. The summed E-state index contributed by atoms with van der Waals surface area (Å²) in [6, 6.07) is 10.3. The van der Waals surface area contributed by atoms with Gasteiger partial charge in [-0.15, -0.1) is 0 Å². The quantitative estimate of drug-likeness (QED) is 0.716. The summed E-state index contributed by atoms with van der Waals surface area (Å²) >= 11 is 0. The van der Waals surface area contributed by atoms with Gasteiger partial charge in [0.15, 0.2) is 11.5 Å². The molecule has 0 aliphatic heterocycles. The average molecular weight is 392 g/mol. The van der Waals surface area contributed by atoms with Crippen LogP contribution in [0, 0.1) is 13.8 Å². The Kier molecular flexibility index (Phi) is 6.81. The van der Waals surface area contributed by atoms with E-state index in [4.69, 9.17) is 9.47 Å². The third-order valence-electron chi connectivity index (χ3n) is 3.98. The van der Waals surface area contributed by atoms with Crippen molar-refractivity contribution >= 4 is 15.9 Å². The molecule has 0 fully saturated rings. The van der Waals surface area contributed by atoms with Crippen molar-refractivity contribution < 1.29 is 22.7 Å². The fraction of sp³-hybridized carbons (Fsp3) is 0.316. The Hall–Kier alpha value is -2.58. The van der Waals surface area contributed by atoms with E-state index in [1.54, 1.807) is 44.4 Å². The molecule has 0 aromatic heterocycles. The van der Waals surface area contributed by atoms with Crippen LogP contribution in [0.3, 0.4) is 0 Å². The molecular formula is C19H24N2O5S. The summed E-state index contributed by atoms with van der Waals surface area (Å²) in [6.07, 6.45) is 0. The third kappa shape index (κ3) is 5.45. The maximum Gasteiger partial charge on any atom is 0.241 e. The summed E-state index contributed by atoms with van der Waals surface area (Å²) in [4.78, 5) is 12.2. The minimum atomic E-state index is -3.75. The van der Waals surface area contributed by atoms with Gasteiger partial charge in [0.2, 0.25) is 15.9 Å². The van der Waals surface area contributed by atoms with E-state index in [-0.39, 0.29) is 18.0 Å². The summed E-state index contributed by atoms with van der Waals surface area (Å²) in [5.74, 6) is 0.715. The molecule has 2 aromatic rings. The molecule has 0 saturated carbocycles. The number of methoxy groups -OCH3 is 2. The maximum atomic E-state index is 12.4. The number of rotatable bonds is 8. The van der Waals surface area contributed by atoms with E-state index < -0.39 is 15.9 Å². The van der Waals surface area contributed by atoms with Gasteiger partial charge in [0, 0.05) is 6.54 Å². The Morgan fingerprint density at radius 1 is 1.00 bits per heavy atom. The average Bonchev–Trinajstić information content (AvgIpc) is 2.64. The molecule has 0 aliphatic rings. The van der Waals surface area contributed by atoms with Crippen LogP contribution >= 0.6 is 0 Å². The zero-order valence-electron chi connectivity index (χ0n) is 15.8. The van der Waals surface area contributed by atoms with Crippen LogP contribution < -0.4 is 19.5 Å². The molecule has 27 heavy (non-hydrogen) atoms. The maximum absolute atomic E-state index is 12.4. The minimum absolute atomic E-state index is 0.167. The lowest BCUT2D eigenvalue weighted by atomic mass is 10.2. The fourth-order valence-corrected chi connectivity index (χ4v) is 3.80. The fourth-order valence-electron chi connectivity index (χ4n) is 2.59. The number of ether oxygens (including phenoxy) is 2. The van der Waals surface area contributed by atoms with Crippen LogP contribution in [0.5, 0.6) is 11.5 Å². The van der Waals surface area contributed by atoms with Crippen molar-refractivity contribution in [3.63, 3.8) is 0 Å². The van der Waals surface area contributed by atoms with Crippen molar-refractivity contribution in [2.45, 2.75) is 25.3 Å². The summed E-state index contributed by atoms with van der Waals surface area (Å²) in [7, 11) is -0.680. The summed E-state index contributed by atoms with van der Waals surface area (Å²) in [6.45, 7) is 3.50. The van der Waals surface area contributed by atoms with Crippen LogP contribution in [0.1, 0.15) is 16.7 Å². The topological polar surface area (TPSA) is 93.7 Å². The van der Waals surface area contributed by atoms with Gasteiger partial charge in [-0.1, -0.05) is 23.8 Å². The number of carbonyl (C=O) groups is 1. The van der Waals surface area contributed by atoms with Crippen LogP contribution in [0.15, 0.2) is 41.3 Å². The van der Waals surface area contributed by atoms with E-state index in [0.717, 1.165) is 11.1 Å². The molecule has 146 valence electrons. The van der Waals surface area contributed by atoms with Gasteiger partial charge in [-0.25, -0.2) is 13.1 Å². The van der Waals surface area contributed by atoms with Crippen molar-refractivity contribution in [3.8, 4) is 11.5 Å². The summed E-state index contributed by atoms with van der Waals surface area (Å²) in [5.41, 5.74) is 2.41. The van der Waals surface area contributed by atoms with Crippen LogP contribution in [0.2, 0.25) is 0 Å². The van der Waals surface area contributed by atoms with Gasteiger partial charge in [-0.2, -0.15) is 0 Å². The van der Waals surface area contributed by atoms with Gasteiger partial charge in [0.1, 0.15) is 0 Å². The van der Waals surface area contributed by atoms with Gasteiger partial charge in [0.05, 0.1) is 25.7 Å². The van der Waals surface area contributed by atoms with Crippen molar-refractivity contribution in [2.75, 3.05) is 20.8 Å². The van der Waals surface area contributed by atoms with E-state index in [0.29, 0.717) is 17.1 Å². The number of aryl methyl sites for hydroxylation is 2. The molecule has 0 unspecified atom stereocenters. The van der Waals surface area contributed by atoms with E-state index in [1.165, 1.54) is 13.2 Å². The molecule has 1 amide bonds. The molecule has 0 heterocycles. The largest absolute Gasteiger partial charge is 0.493 e. The second-order valence-corrected chi connectivity index (χ2v) is 7.79. The number of carbonyl (C=O) groups excluding carboxylic acids is 1. The third-order valence-corrected chi connectivity index (χ3v) is 5.54. The Morgan fingerprint density at radius 2 is 1.70 bits per heavy atom. The number of hydrogen-bond donors (Lipinski definition) is 2. The van der Waals surface area contributed by atoms with E-state index in [1.807, 2.05) is 6.92 Å². The lowest BCUT2D eigenvalue weighted by molar-refractivity contribution is -0.120. The second kappa shape index (κ2) is 8.88. The SMILES string of the molecule is COc1ccc(CNC(=O)CNS(=O)(=O)c2ccc(C)cc2C)cc1OC. The Balaban J connectivity index is 1.94. The number of amides is 1. The van der Waals surface area contributed by atoms with Gasteiger partial charge in [0.25, 0.3) is 0 Å². The molecule has 2 rings (SSSR count). The van der Waals surface area contributed by atoms with Crippen LogP contribution in [-0.2, 0) is 21.4 Å². The normalized spacial score (nSPS) is 11.1. The van der Waals surface area contributed by atoms with E-state index >= 15 is 0 Å². The first-order chi connectivity index (χ1) is 12.8. The highest BCUT2D eigenvalue weighted by molar-refractivity contribution is 7.89. The zero-order chi connectivity index (χ0) is 20.0. The van der Waals surface area contributed by atoms with Crippen molar-refractivity contribution in [1.29, 1.82) is 0 Å².